The summed E-state index contributed by atoms with van der Waals surface area (Å²) >= 11 is 0. The van der Waals surface area contributed by atoms with Gasteiger partial charge in [0.15, 0.2) is 0 Å². The summed E-state index contributed by atoms with van der Waals surface area (Å²) in [6.45, 7) is 3.95. The predicted octanol–water partition coefficient (Wildman–Crippen LogP) is 1.35. The van der Waals surface area contributed by atoms with Crippen molar-refractivity contribution in [3.05, 3.63) is 35.9 Å². The van der Waals surface area contributed by atoms with Gasteiger partial charge in [0.05, 0.1) is 11.6 Å². The van der Waals surface area contributed by atoms with Crippen molar-refractivity contribution in [2.24, 2.45) is 5.73 Å². The van der Waals surface area contributed by atoms with Crippen molar-refractivity contribution >= 4 is 5.91 Å². The third-order valence-corrected chi connectivity index (χ3v) is 3.35. The summed E-state index contributed by atoms with van der Waals surface area (Å²) in [5.74, 6) is -0.206. The Morgan fingerprint density at radius 3 is 2.39 bits per heavy atom. The van der Waals surface area contributed by atoms with Crippen LogP contribution in [0, 0.1) is 0 Å². The van der Waals surface area contributed by atoms with Crippen LogP contribution in [0.15, 0.2) is 30.3 Å². The summed E-state index contributed by atoms with van der Waals surface area (Å²) in [6, 6.07) is 9.24. The molecule has 0 fully saturated rings. The van der Waals surface area contributed by atoms with E-state index < -0.39 is 11.6 Å². The lowest BCUT2D eigenvalue weighted by Gasteiger charge is -2.26. The lowest BCUT2D eigenvalue weighted by atomic mass is 9.93. The highest BCUT2D eigenvalue weighted by Crippen LogP contribution is 2.13. The molecule has 0 bridgehead atoms. The molecule has 1 aromatic rings. The third-order valence-electron chi connectivity index (χ3n) is 3.35. The van der Waals surface area contributed by atoms with Crippen LogP contribution in [0.5, 0.6) is 0 Å². The van der Waals surface area contributed by atoms with Crippen molar-refractivity contribution in [3.63, 3.8) is 0 Å². The molecule has 0 radical (unpaired) electrons. The van der Waals surface area contributed by atoms with Crippen molar-refractivity contribution in [2.45, 2.75) is 38.3 Å². The van der Waals surface area contributed by atoms with Gasteiger partial charge in [-0.1, -0.05) is 44.2 Å². The van der Waals surface area contributed by atoms with Gasteiger partial charge in [0.1, 0.15) is 0 Å². The van der Waals surface area contributed by atoms with Crippen LogP contribution in [0.2, 0.25) is 0 Å². The van der Waals surface area contributed by atoms with E-state index in [2.05, 4.69) is 5.32 Å². The molecule has 1 unspecified atom stereocenters. The minimum Gasteiger partial charge on any atom is -0.387 e. The van der Waals surface area contributed by atoms with Gasteiger partial charge in [-0.2, -0.15) is 0 Å². The molecule has 100 valence electrons. The highest BCUT2D eigenvalue weighted by atomic mass is 16.3. The van der Waals surface area contributed by atoms with Gasteiger partial charge in [-0.05, 0) is 18.4 Å². The maximum absolute atomic E-state index is 11.9. The number of amides is 1. The van der Waals surface area contributed by atoms with Gasteiger partial charge in [0, 0.05) is 6.54 Å². The lowest BCUT2D eigenvalue weighted by molar-refractivity contribution is -0.127. The highest BCUT2D eigenvalue weighted by molar-refractivity contribution is 5.85. The molecule has 4 heteroatoms. The molecule has 1 aromatic carbocycles. The van der Waals surface area contributed by atoms with Crippen molar-refractivity contribution in [3.8, 4) is 0 Å². The van der Waals surface area contributed by atoms with E-state index in [9.17, 15) is 9.90 Å². The van der Waals surface area contributed by atoms with Crippen LogP contribution in [0.1, 0.15) is 38.4 Å². The molecule has 0 aliphatic heterocycles. The Hall–Kier alpha value is -1.39. The van der Waals surface area contributed by atoms with Gasteiger partial charge in [-0.3, -0.25) is 4.79 Å². The Labute approximate surface area is 108 Å². The molecular formula is C14H22N2O2. The van der Waals surface area contributed by atoms with Crippen LogP contribution in [-0.2, 0) is 4.79 Å². The molecular weight excluding hydrogens is 228 g/mol. The number of benzene rings is 1. The molecule has 1 rings (SSSR count). The number of carbonyl (C=O) groups is 1. The van der Waals surface area contributed by atoms with E-state index in [4.69, 9.17) is 5.73 Å². The molecule has 0 aliphatic carbocycles. The second-order valence-corrected chi connectivity index (χ2v) is 4.50. The molecule has 0 aliphatic rings. The van der Waals surface area contributed by atoms with Crippen molar-refractivity contribution in [1.29, 1.82) is 0 Å². The fourth-order valence-electron chi connectivity index (χ4n) is 1.73. The Balaban J connectivity index is 2.53. The first-order valence-corrected chi connectivity index (χ1v) is 6.33. The largest absolute Gasteiger partial charge is 0.387 e. The van der Waals surface area contributed by atoms with Gasteiger partial charge >= 0.3 is 0 Å². The van der Waals surface area contributed by atoms with Gasteiger partial charge in [-0.15, -0.1) is 0 Å². The number of nitrogens with two attached hydrogens (primary N) is 1. The number of aliphatic hydroxyl groups excluding tert-OH is 1. The SMILES string of the molecule is CCC(N)(CC)C(=O)NCC(O)c1ccccc1. The number of rotatable bonds is 6. The molecule has 4 nitrogen and oxygen atoms in total. The molecule has 0 aromatic heterocycles. The summed E-state index contributed by atoms with van der Waals surface area (Å²) in [5, 5.41) is 12.6. The zero-order valence-corrected chi connectivity index (χ0v) is 11.0. The highest BCUT2D eigenvalue weighted by Gasteiger charge is 2.29. The van der Waals surface area contributed by atoms with E-state index in [0.717, 1.165) is 5.56 Å². The smallest absolute Gasteiger partial charge is 0.240 e. The minimum atomic E-state index is -0.837. The monoisotopic (exact) mass is 250 g/mol. The van der Waals surface area contributed by atoms with Crippen molar-refractivity contribution in [2.75, 3.05) is 6.54 Å². The summed E-state index contributed by atoms with van der Waals surface area (Å²) in [7, 11) is 0. The maximum atomic E-state index is 11.9. The topological polar surface area (TPSA) is 75.4 Å². The van der Waals surface area contributed by atoms with Gasteiger partial charge < -0.3 is 16.2 Å². The molecule has 0 saturated heterocycles. The standard InChI is InChI=1S/C14H22N2O2/c1-3-14(15,4-2)13(18)16-10-12(17)11-8-6-5-7-9-11/h5-9,12,17H,3-4,10,15H2,1-2H3,(H,16,18). The van der Waals surface area contributed by atoms with Gasteiger partial charge in [0.25, 0.3) is 0 Å². The van der Waals surface area contributed by atoms with Crippen LogP contribution in [0.25, 0.3) is 0 Å². The first kappa shape index (κ1) is 14.7. The van der Waals surface area contributed by atoms with E-state index in [1.54, 1.807) is 0 Å². The number of nitrogens with one attached hydrogen (secondary N) is 1. The van der Waals surface area contributed by atoms with E-state index in [-0.39, 0.29) is 12.5 Å². The summed E-state index contributed by atoms with van der Waals surface area (Å²) < 4.78 is 0. The molecule has 0 spiro atoms. The van der Waals surface area contributed by atoms with E-state index >= 15 is 0 Å². The van der Waals surface area contributed by atoms with Crippen LogP contribution in [-0.4, -0.2) is 23.1 Å². The van der Waals surface area contributed by atoms with Gasteiger partial charge in [-0.25, -0.2) is 0 Å². The normalized spacial score (nSPS) is 13.1. The van der Waals surface area contributed by atoms with Gasteiger partial charge in [0.2, 0.25) is 5.91 Å². The average Bonchev–Trinajstić information content (AvgIpc) is 2.44. The number of hydrogen-bond donors (Lipinski definition) is 3. The van der Waals surface area contributed by atoms with Crippen LogP contribution < -0.4 is 11.1 Å². The third kappa shape index (κ3) is 3.55. The fourth-order valence-corrected chi connectivity index (χ4v) is 1.73. The summed E-state index contributed by atoms with van der Waals surface area (Å²) in [5.41, 5.74) is 5.92. The maximum Gasteiger partial charge on any atom is 0.240 e. The summed E-state index contributed by atoms with van der Waals surface area (Å²) in [6.07, 6.45) is 0.459. The summed E-state index contributed by atoms with van der Waals surface area (Å²) in [4.78, 5) is 11.9. The Bertz CT molecular complexity index is 375. The van der Waals surface area contributed by atoms with Crippen molar-refractivity contribution < 1.29 is 9.90 Å². The van der Waals surface area contributed by atoms with Crippen LogP contribution >= 0.6 is 0 Å². The molecule has 18 heavy (non-hydrogen) atoms. The second-order valence-electron chi connectivity index (χ2n) is 4.50. The zero-order valence-electron chi connectivity index (χ0n) is 11.0. The van der Waals surface area contributed by atoms with E-state index in [1.165, 1.54) is 0 Å². The minimum absolute atomic E-state index is 0.182. The Morgan fingerprint density at radius 1 is 1.33 bits per heavy atom. The van der Waals surface area contributed by atoms with E-state index in [0.29, 0.717) is 12.8 Å². The molecule has 1 amide bonds. The second kappa shape index (κ2) is 6.52. The lowest BCUT2D eigenvalue weighted by Crippen LogP contribution is -2.53. The predicted molar refractivity (Wildman–Crippen MR) is 71.9 cm³/mol. The average molecular weight is 250 g/mol. The Kier molecular flexibility index (Phi) is 5.31. The van der Waals surface area contributed by atoms with Crippen LogP contribution in [0.4, 0.5) is 0 Å². The number of carbonyl (C=O) groups excluding carboxylic acids is 1. The first-order valence-electron chi connectivity index (χ1n) is 6.33. The van der Waals surface area contributed by atoms with Crippen LogP contribution in [0.3, 0.4) is 0 Å². The fraction of sp³-hybridized carbons (Fsp3) is 0.500. The molecule has 0 saturated carbocycles. The number of hydrogen-bond acceptors (Lipinski definition) is 3. The first-order chi connectivity index (χ1) is 8.53. The molecule has 4 N–H and O–H groups in total. The van der Waals surface area contributed by atoms with E-state index in [1.807, 2.05) is 44.2 Å². The Morgan fingerprint density at radius 2 is 1.89 bits per heavy atom. The zero-order chi connectivity index (χ0) is 13.6. The number of aliphatic hydroxyl groups is 1. The molecule has 0 heterocycles. The quantitative estimate of drug-likeness (QED) is 0.713. The van der Waals surface area contributed by atoms with Crippen molar-refractivity contribution in [1.82, 2.24) is 5.32 Å². The molecule has 1 atom stereocenters.